The van der Waals surface area contributed by atoms with Gasteiger partial charge < -0.3 is 4.74 Å². The first kappa shape index (κ1) is 13.4. The zero-order valence-corrected chi connectivity index (χ0v) is 12.3. The van der Waals surface area contributed by atoms with Gasteiger partial charge in [0.05, 0.1) is 9.13 Å². The van der Waals surface area contributed by atoms with Crippen molar-refractivity contribution < 1.29 is 9.53 Å². The average Bonchev–Trinajstić information content (AvgIpc) is 2.38. The fourth-order valence-electron chi connectivity index (χ4n) is 1.51. The highest BCUT2D eigenvalue weighted by Gasteiger charge is 2.11. The Bertz CT molecular complexity index is 555. The van der Waals surface area contributed by atoms with Crippen LogP contribution in [0.15, 0.2) is 48.5 Å². The van der Waals surface area contributed by atoms with Crippen LogP contribution in [0.1, 0.15) is 15.9 Å². The molecule has 0 aliphatic heterocycles. The smallest absolute Gasteiger partial charge is 0.253 e. The molecule has 0 unspecified atom stereocenters. The lowest BCUT2D eigenvalue weighted by molar-refractivity contribution is 0.108. The van der Waals surface area contributed by atoms with E-state index >= 15 is 0 Å². The number of rotatable bonds is 4. The fraction of sp³-hybridized carbons (Fsp3) is 0.0714. The van der Waals surface area contributed by atoms with Crippen molar-refractivity contribution in [3.63, 3.8) is 0 Å². The minimum atomic E-state index is -0.468. The molecule has 0 N–H and O–H groups in total. The summed E-state index contributed by atoms with van der Waals surface area (Å²) in [5, 5.41) is -0.468. The molecule has 0 radical (unpaired) electrons. The van der Waals surface area contributed by atoms with E-state index in [0.717, 1.165) is 9.13 Å². The Hall–Kier alpha value is -1.07. The fourth-order valence-corrected chi connectivity index (χ4v) is 2.59. The average molecular weight is 373 g/mol. The van der Waals surface area contributed by atoms with Crippen LogP contribution in [0.5, 0.6) is 5.75 Å². The first-order valence-electron chi connectivity index (χ1n) is 5.33. The molecule has 2 rings (SSSR count). The molecule has 0 saturated carbocycles. The Kier molecular flexibility index (Phi) is 4.60. The summed E-state index contributed by atoms with van der Waals surface area (Å²) in [6.45, 7) is 0.469. The molecule has 0 amide bonds. The standard InChI is InChI=1S/C14H10ClIO2/c15-14(17)11-7-4-8-12(13(11)16)18-9-10-5-2-1-3-6-10/h1-8H,9H2. The SMILES string of the molecule is O=C(Cl)c1cccc(OCc2ccccc2)c1I. The van der Waals surface area contributed by atoms with Crippen LogP contribution >= 0.6 is 34.2 Å². The van der Waals surface area contributed by atoms with E-state index in [-0.39, 0.29) is 0 Å². The molecule has 0 heterocycles. The highest BCUT2D eigenvalue weighted by atomic mass is 127. The molecule has 92 valence electrons. The Morgan fingerprint density at radius 3 is 2.50 bits per heavy atom. The third-order valence-electron chi connectivity index (χ3n) is 2.41. The van der Waals surface area contributed by atoms with Gasteiger partial charge in [0.2, 0.25) is 0 Å². The van der Waals surface area contributed by atoms with E-state index in [0.29, 0.717) is 17.9 Å². The van der Waals surface area contributed by atoms with Crippen molar-refractivity contribution >= 4 is 39.4 Å². The summed E-state index contributed by atoms with van der Waals surface area (Å²) in [5.41, 5.74) is 1.55. The molecule has 2 nitrogen and oxygen atoms in total. The van der Waals surface area contributed by atoms with Crippen LogP contribution in [0.2, 0.25) is 0 Å². The maximum atomic E-state index is 11.2. The summed E-state index contributed by atoms with van der Waals surface area (Å²) < 4.78 is 6.44. The molecule has 0 spiro atoms. The number of ether oxygens (including phenoxy) is 1. The molecule has 0 atom stereocenters. The summed E-state index contributed by atoms with van der Waals surface area (Å²) in [6.07, 6.45) is 0. The number of halogens is 2. The van der Waals surface area contributed by atoms with E-state index in [1.807, 2.05) is 36.4 Å². The van der Waals surface area contributed by atoms with E-state index in [1.54, 1.807) is 12.1 Å². The van der Waals surface area contributed by atoms with Crippen LogP contribution in [0.3, 0.4) is 0 Å². The van der Waals surface area contributed by atoms with Crippen molar-refractivity contribution in [3.8, 4) is 5.75 Å². The van der Waals surface area contributed by atoms with E-state index in [4.69, 9.17) is 16.3 Å². The largest absolute Gasteiger partial charge is 0.488 e. The van der Waals surface area contributed by atoms with Crippen LogP contribution in [0, 0.1) is 3.57 Å². The predicted octanol–water partition coefficient (Wildman–Crippen LogP) is 4.25. The highest BCUT2D eigenvalue weighted by molar-refractivity contribution is 14.1. The van der Waals surface area contributed by atoms with Gasteiger partial charge in [-0.15, -0.1) is 0 Å². The van der Waals surface area contributed by atoms with Gasteiger partial charge in [-0.25, -0.2) is 0 Å². The second kappa shape index (κ2) is 6.20. The van der Waals surface area contributed by atoms with Crippen molar-refractivity contribution in [1.82, 2.24) is 0 Å². The Labute approximate surface area is 124 Å². The van der Waals surface area contributed by atoms with Gasteiger partial charge in [-0.2, -0.15) is 0 Å². The number of carbonyl (C=O) groups is 1. The number of hydrogen-bond acceptors (Lipinski definition) is 2. The molecular formula is C14H10ClIO2. The molecule has 0 aromatic heterocycles. The molecule has 4 heteroatoms. The summed E-state index contributed by atoms with van der Waals surface area (Å²) >= 11 is 7.57. The maximum Gasteiger partial charge on any atom is 0.253 e. The molecule has 2 aromatic carbocycles. The minimum absolute atomic E-state index is 0.468. The number of benzene rings is 2. The monoisotopic (exact) mass is 372 g/mol. The number of carbonyl (C=O) groups excluding carboxylic acids is 1. The molecule has 0 aliphatic carbocycles. The van der Waals surface area contributed by atoms with Gasteiger partial charge in [-0.1, -0.05) is 36.4 Å². The highest BCUT2D eigenvalue weighted by Crippen LogP contribution is 2.26. The zero-order valence-electron chi connectivity index (χ0n) is 9.40. The quantitative estimate of drug-likeness (QED) is 0.592. The van der Waals surface area contributed by atoms with E-state index < -0.39 is 5.24 Å². The van der Waals surface area contributed by atoms with E-state index in [1.165, 1.54) is 0 Å². The maximum absolute atomic E-state index is 11.2. The second-order valence-corrected chi connectivity index (χ2v) is 5.09. The van der Waals surface area contributed by atoms with Gasteiger partial charge in [-0.3, -0.25) is 4.79 Å². The zero-order chi connectivity index (χ0) is 13.0. The first-order valence-corrected chi connectivity index (χ1v) is 6.79. The molecule has 0 fully saturated rings. The van der Waals surface area contributed by atoms with Gasteiger partial charge in [0.25, 0.3) is 5.24 Å². The van der Waals surface area contributed by atoms with Gasteiger partial charge in [-0.05, 0) is 51.9 Å². The van der Waals surface area contributed by atoms with Crippen molar-refractivity contribution in [2.24, 2.45) is 0 Å². The van der Waals surface area contributed by atoms with Crippen LogP contribution in [0.4, 0.5) is 0 Å². The van der Waals surface area contributed by atoms with E-state index in [9.17, 15) is 4.79 Å². The molecule has 0 saturated heterocycles. The van der Waals surface area contributed by atoms with Crippen molar-refractivity contribution in [3.05, 3.63) is 63.2 Å². The van der Waals surface area contributed by atoms with Gasteiger partial charge in [0.1, 0.15) is 12.4 Å². The van der Waals surface area contributed by atoms with Gasteiger partial charge in [0, 0.05) is 0 Å². The minimum Gasteiger partial charge on any atom is -0.488 e. The lowest BCUT2D eigenvalue weighted by Gasteiger charge is -2.09. The molecule has 0 bridgehead atoms. The number of hydrogen-bond donors (Lipinski definition) is 0. The molecular weight excluding hydrogens is 363 g/mol. The topological polar surface area (TPSA) is 26.3 Å². The van der Waals surface area contributed by atoms with Crippen molar-refractivity contribution in [2.45, 2.75) is 6.61 Å². The van der Waals surface area contributed by atoms with Crippen LogP contribution < -0.4 is 4.74 Å². The van der Waals surface area contributed by atoms with Crippen LogP contribution in [-0.4, -0.2) is 5.24 Å². The summed E-state index contributed by atoms with van der Waals surface area (Å²) in [7, 11) is 0. The van der Waals surface area contributed by atoms with Crippen LogP contribution in [0.25, 0.3) is 0 Å². The predicted molar refractivity (Wildman–Crippen MR) is 80.1 cm³/mol. The Morgan fingerprint density at radius 2 is 1.83 bits per heavy atom. The first-order chi connectivity index (χ1) is 8.68. The second-order valence-electron chi connectivity index (χ2n) is 3.67. The third-order valence-corrected chi connectivity index (χ3v) is 3.73. The van der Waals surface area contributed by atoms with Crippen LogP contribution in [-0.2, 0) is 6.61 Å². The van der Waals surface area contributed by atoms with E-state index in [2.05, 4.69) is 22.6 Å². The normalized spacial score (nSPS) is 10.1. The Balaban J connectivity index is 2.15. The third kappa shape index (κ3) is 3.23. The summed E-state index contributed by atoms with van der Waals surface area (Å²) in [5.74, 6) is 0.672. The molecule has 2 aromatic rings. The molecule has 18 heavy (non-hydrogen) atoms. The van der Waals surface area contributed by atoms with Crippen molar-refractivity contribution in [1.29, 1.82) is 0 Å². The van der Waals surface area contributed by atoms with Gasteiger partial charge in [0.15, 0.2) is 0 Å². The Morgan fingerprint density at radius 1 is 1.11 bits per heavy atom. The lowest BCUT2D eigenvalue weighted by atomic mass is 10.2. The summed E-state index contributed by atoms with van der Waals surface area (Å²) in [4.78, 5) is 11.2. The lowest BCUT2D eigenvalue weighted by Crippen LogP contribution is -2.00. The van der Waals surface area contributed by atoms with Gasteiger partial charge >= 0.3 is 0 Å². The van der Waals surface area contributed by atoms with Crippen molar-refractivity contribution in [2.75, 3.05) is 0 Å². The molecule has 0 aliphatic rings. The summed E-state index contributed by atoms with van der Waals surface area (Å²) in [6, 6.07) is 15.1.